The predicted molar refractivity (Wildman–Crippen MR) is 117 cm³/mol. The zero-order chi connectivity index (χ0) is 21.1. The van der Waals surface area contributed by atoms with Crippen molar-refractivity contribution in [2.45, 2.75) is 54.0 Å². The molecule has 7 nitrogen and oxygen atoms in total. The fourth-order valence-electron chi connectivity index (χ4n) is 3.30. The molecule has 3 aromatic rings. The molecule has 0 aliphatic rings. The molecule has 0 saturated carbocycles. The number of hydrogen-bond donors (Lipinski definition) is 2. The van der Waals surface area contributed by atoms with Gasteiger partial charge in [0.1, 0.15) is 0 Å². The first-order valence-corrected chi connectivity index (χ1v) is 10.6. The molecule has 3 rings (SSSR count). The Kier molecular flexibility index (Phi) is 6.32. The first-order chi connectivity index (χ1) is 13.7. The molecule has 2 amide bonds. The lowest BCUT2D eigenvalue weighted by atomic mass is 10.1. The summed E-state index contributed by atoms with van der Waals surface area (Å²) in [7, 11) is 0. The van der Waals surface area contributed by atoms with Crippen LogP contribution >= 0.6 is 11.3 Å². The Bertz CT molecular complexity index is 1050. The maximum absolute atomic E-state index is 12.5. The third kappa shape index (κ3) is 5.20. The molecule has 0 aliphatic carbocycles. The predicted octanol–water partition coefficient (Wildman–Crippen LogP) is 4.30. The molecule has 0 saturated heterocycles. The number of anilines is 2. The van der Waals surface area contributed by atoms with E-state index in [4.69, 9.17) is 0 Å². The summed E-state index contributed by atoms with van der Waals surface area (Å²) in [6.45, 7) is 10.7. The summed E-state index contributed by atoms with van der Waals surface area (Å²) in [5, 5.41) is 10.8. The average molecular weight is 414 g/mol. The van der Waals surface area contributed by atoms with Crippen LogP contribution in [0.5, 0.6) is 0 Å². The molecule has 2 N–H and O–H groups in total. The van der Waals surface area contributed by atoms with E-state index in [1.54, 1.807) is 6.07 Å². The highest BCUT2D eigenvalue weighted by atomic mass is 32.1. The molecular weight excluding hydrogens is 386 g/mol. The molecule has 1 aromatic carbocycles. The average Bonchev–Trinajstić information content (AvgIpc) is 3.12. The summed E-state index contributed by atoms with van der Waals surface area (Å²) in [5.41, 5.74) is 4.78. The van der Waals surface area contributed by atoms with Crippen LogP contribution in [0.3, 0.4) is 0 Å². The van der Waals surface area contributed by atoms with Crippen LogP contribution in [-0.2, 0) is 22.6 Å². The Hall–Kier alpha value is -2.74. The second-order valence-corrected chi connectivity index (χ2v) is 8.69. The molecule has 0 radical (unpaired) electrons. The highest BCUT2D eigenvalue weighted by molar-refractivity contribution is 7.22. The number of carbonyl (C=O) groups is 2. The Morgan fingerprint density at radius 2 is 1.97 bits per heavy atom. The number of hydrogen-bond acceptors (Lipinski definition) is 5. The molecule has 2 heterocycles. The lowest BCUT2D eigenvalue weighted by molar-refractivity contribution is -0.116. The van der Waals surface area contributed by atoms with Crippen molar-refractivity contribution in [3.05, 3.63) is 35.2 Å². The highest BCUT2D eigenvalue weighted by Crippen LogP contribution is 2.28. The van der Waals surface area contributed by atoms with Gasteiger partial charge in [0.05, 0.1) is 15.9 Å². The van der Waals surface area contributed by atoms with Crippen molar-refractivity contribution >= 4 is 44.2 Å². The topological polar surface area (TPSA) is 88.9 Å². The van der Waals surface area contributed by atoms with Gasteiger partial charge in [0, 0.05) is 31.3 Å². The number of rotatable bonds is 7. The van der Waals surface area contributed by atoms with Gasteiger partial charge in [-0.1, -0.05) is 25.2 Å². The van der Waals surface area contributed by atoms with E-state index in [2.05, 4.69) is 41.5 Å². The number of thiazole rings is 1. The smallest absolute Gasteiger partial charge is 0.226 e. The zero-order valence-corrected chi connectivity index (χ0v) is 18.3. The van der Waals surface area contributed by atoms with Crippen LogP contribution in [0.1, 0.15) is 44.1 Å². The number of aromatic nitrogens is 3. The number of carbonyl (C=O) groups excluding carboxylic acids is 2. The van der Waals surface area contributed by atoms with Gasteiger partial charge in [-0.2, -0.15) is 5.10 Å². The molecule has 154 valence electrons. The zero-order valence-electron chi connectivity index (χ0n) is 17.5. The van der Waals surface area contributed by atoms with Crippen LogP contribution in [0.15, 0.2) is 18.2 Å². The van der Waals surface area contributed by atoms with Crippen molar-refractivity contribution in [1.29, 1.82) is 0 Å². The maximum Gasteiger partial charge on any atom is 0.226 e. The van der Waals surface area contributed by atoms with E-state index in [0.717, 1.165) is 39.4 Å². The number of fused-ring (bicyclic) bond motifs is 1. The number of aryl methyl sites for hydroxylation is 1. The van der Waals surface area contributed by atoms with E-state index in [9.17, 15) is 9.59 Å². The molecule has 0 spiro atoms. The van der Waals surface area contributed by atoms with Gasteiger partial charge in [0.15, 0.2) is 5.13 Å². The van der Waals surface area contributed by atoms with E-state index in [1.165, 1.54) is 18.3 Å². The normalized spacial score (nSPS) is 11.2. The Balaban J connectivity index is 1.64. The molecule has 29 heavy (non-hydrogen) atoms. The summed E-state index contributed by atoms with van der Waals surface area (Å²) < 4.78 is 2.95. The molecule has 0 bridgehead atoms. The van der Waals surface area contributed by atoms with Crippen LogP contribution < -0.4 is 10.6 Å². The van der Waals surface area contributed by atoms with Crippen molar-refractivity contribution < 1.29 is 9.59 Å². The Morgan fingerprint density at radius 3 is 2.66 bits per heavy atom. The minimum absolute atomic E-state index is 0.0680. The molecule has 2 aromatic heterocycles. The minimum atomic E-state index is -0.121. The van der Waals surface area contributed by atoms with E-state index in [-0.39, 0.29) is 11.8 Å². The van der Waals surface area contributed by atoms with Crippen molar-refractivity contribution in [3.8, 4) is 0 Å². The number of benzene rings is 1. The third-order valence-corrected chi connectivity index (χ3v) is 5.56. The van der Waals surface area contributed by atoms with Crippen molar-refractivity contribution in [3.63, 3.8) is 0 Å². The lowest BCUT2D eigenvalue weighted by Crippen LogP contribution is -2.12. The first-order valence-electron chi connectivity index (χ1n) is 9.74. The summed E-state index contributed by atoms with van der Waals surface area (Å²) in [5.74, 6) is 0.334. The van der Waals surface area contributed by atoms with Crippen LogP contribution in [0.2, 0.25) is 0 Å². The summed E-state index contributed by atoms with van der Waals surface area (Å²) in [6.07, 6.45) is 1.03. The fourth-order valence-corrected chi connectivity index (χ4v) is 4.22. The molecule has 0 fully saturated rings. The van der Waals surface area contributed by atoms with Crippen molar-refractivity contribution in [1.82, 2.24) is 14.8 Å². The summed E-state index contributed by atoms with van der Waals surface area (Å²) >= 11 is 1.39. The standard InChI is InChI=1S/C21H27N5O2S/c1-12(2)11-26-14(4)17(13(3)25-26)7-9-20(28)24-21-23-18-8-6-16(22-15(5)27)10-19(18)29-21/h6,8,10,12H,7,9,11H2,1-5H3,(H,22,27)(H,23,24,28). The fraction of sp³-hybridized carbons (Fsp3) is 0.429. The SMILES string of the molecule is CC(=O)Nc1ccc2nc(NC(=O)CCc3c(C)nn(CC(C)C)c3C)sc2c1. The van der Waals surface area contributed by atoms with Gasteiger partial charge in [-0.3, -0.25) is 14.3 Å². The van der Waals surface area contributed by atoms with Gasteiger partial charge in [0.2, 0.25) is 11.8 Å². The van der Waals surface area contributed by atoms with E-state index in [0.29, 0.717) is 23.9 Å². The second kappa shape index (κ2) is 8.73. The van der Waals surface area contributed by atoms with Gasteiger partial charge in [-0.25, -0.2) is 4.98 Å². The largest absolute Gasteiger partial charge is 0.326 e. The van der Waals surface area contributed by atoms with Crippen molar-refractivity contribution in [2.24, 2.45) is 5.92 Å². The van der Waals surface area contributed by atoms with Crippen molar-refractivity contribution in [2.75, 3.05) is 10.6 Å². The molecule has 0 unspecified atom stereocenters. The van der Waals surface area contributed by atoms with E-state index < -0.39 is 0 Å². The van der Waals surface area contributed by atoms with Gasteiger partial charge in [-0.15, -0.1) is 0 Å². The molecular formula is C21H27N5O2S. The van der Waals surface area contributed by atoms with Crippen LogP contribution in [-0.4, -0.2) is 26.6 Å². The molecule has 8 heteroatoms. The maximum atomic E-state index is 12.5. The van der Waals surface area contributed by atoms with Crippen LogP contribution in [0, 0.1) is 19.8 Å². The molecule has 0 aliphatic heterocycles. The van der Waals surface area contributed by atoms with Crippen LogP contribution in [0.25, 0.3) is 10.2 Å². The molecule has 0 atom stereocenters. The quantitative estimate of drug-likeness (QED) is 0.604. The lowest BCUT2D eigenvalue weighted by Gasteiger charge is -2.08. The summed E-state index contributed by atoms with van der Waals surface area (Å²) in [4.78, 5) is 28.1. The monoisotopic (exact) mass is 413 g/mol. The van der Waals surface area contributed by atoms with Crippen LogP contribution in [0.4, 0.5) is 10.8 Å². The summed E-state index contributed by atoms with van der Waals surface area (Å²) in [6, 6.07) is 5.50. The van der Waals surface area contributed by atoms with E-state index in [1.807, 2.05) is 23.7 Å². The third-order valence-electron chi connectivity index (χ3n) is 4.63. The van der Waals surface area contributed by atoms with E-state index >= 15 is 0 Å². The number of nitrogens with zero attached hydrogens (tertiary/aromatic N) is 3. The van der Waals surface area contributed by atoms with Gasteiger partial charge in [0.25, 0.3) is 0 Å². The van der Waals surface area contributed by atoms with Gasteiger partial charge in [-0.05, 0) is 49.9 Å². The first kappa shape index (κ1) is 21.0. The highest BCUT2D eigenvalue weighted by Gasteiger charge is 2.15. The number of nitrogens with one attached hydrogen (secondary N) is 2. The van der Waals surface area contributed by atoms with Gasteiger partial charge < -0.3 is 10.6 Å². The second-order valence-electron chi connectivity index (χ2n) is 7.66. The Morgan fingerprint density at radius 1 is 1.21 bits per heavy atom. The van der Waals surface area contributed by atoms with Gasteiger partial charge >= 0.3 is 0 Å². The minimum Gasteiger partial charge on any atom is -0.326 e. The number of amides is 2. The Labute approximate surface area is 174 Å².